The first-order valence-electron chi connectivity index (χ1n) is 10.0. The number of carbonyl (C=O) groups excluding carboxylic acids is 1. The smallest absolute Gasteiger partial charge is 0.335 e. The Morgan fingerprint density at radius 3 is 2.09 bits per heavy atom. The van der Waals surface area contributed by atoms with Crippen LogP contribution in [-0.4, -0.2) is 38.3 Å². The predicted octanol–water partition coefficient (Wildman–Crippen LogP) is 4.09. The summed E-state index contributed by atoms with van der Waals surface area (Å²) in [4.78, 5) is 26.3. The Labute approximate surface area is 185 Å². The van der Waals surface area contributed by atoms with E-state index in [0.717, 1.165) is 16.7 Å². The van der Waals surface area contributed by atoms with E-state index in [4.69, 9.17) is 14.2 Å². The summed E-state index contributed by atoms with van der Waals surface area (Å²) >= 11 is 0. The van der Waals surface area contributed by atoms with Gasteiger partial charge in [0.1, 0.15) is 5.75 Å². The lowest BCUT2D eigenvalue weighted by molar-refractivity contribution is -0.118. The molecule has 0 radical (unpaired) electrons. The molecule has 1 amide bonds. The average Bonchev–Trinajstić information content (AvgIpc) is 2.82. The van der Waals surface area contributed by atoms with Gasteiger partial charge in [-0.3, -0.25) is 4.79 Å². The van der Waals surface area contributed by atoms with Crippen LogP contribution in [0.15, 0.2) is 60.7 Å². The van der Waals surface area contributed by atoms with E-state index in [1.165, 1.54) is 12.1 Å². The van der Waals surface area contributed by atoms with Gasteiger partial charge in [-0.1, -0.05) is 12.1 Å². The molecule has 0 bridgehead atoms. The van der Waals surface area contributed by atoms with Crippen LogP contribution in [0.5, 0.6) is 17.2 Å². The summed E-state index contributed by atoms with van der Waals surface area (Å²) in [5, 5.41) is 9.24. The lowest BCUT2D eigenvalue weighted by Gasteiger charge is -2.38. The molecule has 7 heteroatoms. The normalized spacial score (nSPS) is 15.2. The number of benzene rings is 3. The summed E-state index contributed by atoms with van der Waals surface area (Å²) in [6, 6.07) is 17.1. The van der Waals surface area contributed by atoms with Crippen molar-refractivity contribution in [2.45, 2.75) is 12.5 Å². The van der Waals surface area contributed by atoms with Gasteiger partial charge in [-0.05, 0) is 65.2 Å². The Morgan fingerprint density at radius 2 is 1.53 bits per heavy atom. The molecular weight excluding hydrogens is 410 g/mol. The molecule has 3 aromatic carbocycles. The Morgan fingerprint density at radius 1 is 0.906 bits per heavy atom. The zero-order valence-electron chi connectivity index (χ0n) is 18.0. The van der Waals surface area contributed by atoms with Crippen LogP contribution in [0.1, 0.15) is 33.1 Å². The highest BCUT2D eigenvalue weighted by atomic mass is 16.5. The third kappa shape index (κ3) is 3.73. The Kier molecular flexibility index (Phi) is 5.73. The van der Waals surface area contributed by atoms with E-state index in [2.05, 4.69) is 0 Å². The van der Waals surface area contributed by atoms with Gasteiger partial charge < -0.3 is 24.2 Å². The molecule has 0 spiro atoms. The highest BCUT2D eigenvalue weighted by molar-refractivity contribution is 5.99. The lowest BCUT2D eigenvalue weighted by Crippen LogP contribution is -2.41. The Hall–Kier alpha value is -4.00. The molecule has 1 atom stereocenters. The van der Waals surface area contributed by atoms with Crippen molar-refractivity contribution in [2.24, 2.45) is 0 Å². The standard InChI is InChI=1S/C25H23NO6/c1-30-19-10-6-15(7-11-19)24-20-14-22(32-3)21(31-2)12-17(20)13-23(27)26(24)18-8-4-16(5-9-18)25(28)29/h4-12,14,24H,13H2,1-3H3,(H,28,29)/t24-/m1/s1. The van der Waals surface area contributed by atoms with Crippen LogP contribution in [-0.2, 0) is 11.2 Å². The van der Waals surface area contributed by atoms with E-state index >= 15 is 0 Å². The van der Waals surface area contributed by atoms with Gasteiger partial charge in [0, 0.05) is 5.69 Å². The quantitative estimate of drug-likeness (QED) is 0.630. The predicted molar refractivity (Wildman–Crippen MR) is 119 cm³/mol. The minimum Gasteiger partial charge on any atom is -0.497 e. The minimum absolute atomic E-state index is 0.103. The molecule has 1 aliphatic rings. The van der Waals surface area contributed by atoms with Crippen molar-refractivity contribution in [3.05, 3.63) is 82.9 Å². The maximum absolute atomic E-state index is 13.4. The van der Waals surface area contributed by atoms with E-state index in [-0.39, 0.29) is 17.9 Å². The average molecular weight is 433 g/mol. The molecule has 0 unspecified atom stereocenters. The molecule has 0 aromatic heterocycles. The fourth-order valence-corrected chi connectivity index (χ4v) is 4.05. The molecule has 7 nitrogen and oxygen atoms in total. The van der Waals surface area contributed by atoms with Gasteiger partial charge >= 0.3 is 5.97 Å². The molecule has 0 aliphatic carbocycles. The van der Waals surface area contributed by atoms with E-state index in [0.29, 0.717) is 22.9 Å². The van der Waals surface area contributed by atoms with Crippen LogP contribution < -0.4 is 19.1 Å². The molecule has 0 fully saturated rings. The maximum Gasteiger partial charge on any atom is 0.335 e. The molecule has 4 rings (SSSR count). The van der Waals surface area contributed by atoms with Crippen LogP contribution in [0, 0.1) is 0 Å². The summed E-state index contributed by atoms with van der Waals surface area (Å²) in [7, 11) is 4.73. The summed E-state index contributed by atoms with van der Waals surface area (Å²) in [5.41, 5.74) is 3.42. The number of ether oxygens (including phenoxy) is 3. The first kappa shape index (κ1) is 21.2. The van der Waals surface area contributed by atoms with Crippen molar-refractivity contribution in [1.29, 1.82) is 0 Å². The maximum atomic E-state index is 13.4. The number of aromatic carboxylic acids is 1. The van der Waals surface area contributed by atoms with E-state index < -0.39 is 12.0 Å². The number of amides is 1. The van der Waals surface area contributed by atoms with Crippen LogP contribution in [0.25, 0.3) is 0 Å². The number of carbonyl (C=O) groups is 2. The van der Waals surface area contributed by atoms with Crippen molar-refractivity contribution >= 4 is 17.6 Å². The van der Waals surface area contributed by atoms with E-state index in [9.17, 15) is 14.7 Å². The fourth-order valence-electron chi connectivity index (χ4n) is 4.05. The van der Waals surface area contributed by atoms with Crippen LogP contribution in [0.4, 0.5) is 5.69 Å². The number of nitrogens with zero attached hydrogens (tertiary/aromatic N) is 1. The second-order valence-electron chi connectivity index (χ2n) is 7.37. The summed E-state index contributed by atoms with van der Waals surface area (Å²) < 4.78 is 16.2. The highest BCUT2D eigenvalue weighted by Gasteiger charge is 2.36. The van der Waals surface area contributed by atoms with Crippen LogP contribution >= 0.6 is 0 Å². The topological polar surface area (TPSA) is 85.3 Å². The Bertz CT molecular complexity index is 1150. The van der Waals surface area contributed by atoms with Crippen molar-refractivity contribution < 1.29 is 28.9 Å². The van der Waals surface area contributed by atoms with E-state index in [1.807, 2.05) is 36.4 Å². The van der Waals surface area contributed by atoms with Gasteiger partial charge in [0.2, 0.25) is 5.91 Å². The van der Waals surface area contributed by atoms with Crippen molar-refractivity contribution in [2.75, 3.05) is 26.2 Å². The number of hydrogen-bond donors (Lipinski definition) is 1. The number of carboxylic acids is 1. The zero-order valence-corrected chi connectivity index (χ0v) is 18.0. The number of anilines is 1. The minimum atomic E-state index is -1.02. The highest BCUT2D eigenvalue weighted by Crippen LogP contribution is 2.43. The zero-order chi connectivity index (χ0) is 22.8. The van der Waals surface area contributed by atoms with Gasteiger partial charge in [-0.25, -0.2) is 4.79 Å². The van der Waals surface area contributed by atoms with E-state index in [1.54, 1.807) is 38.4 Å². The first-order valence-corrected chi connectivity index (χ1v) is 10.0. The third-order valence-electron chi connectivity index (χ3n) is 5.63. The Balaban J connectivity index is 1.90. The van der Waals surface area contributed by atoms with Gasteiger partial charge in [0.15, 0.2) is 11.5 Å². The van der Waals surface area contributed by atoms with Gasteiger partial charge in [0.25, 0.3) is 0 Å². The fraction of sp³-hybridized carbons (Fsp3) is 0.200. The largest absolute Gasteiger partial charge is 0.497 e. The number of methoxy groups -OCH3 is 3. The lowest BCUT2D eigenvalue weighted by atomic mass is 9.86. The summed E-state index contributed by atoms with van der Waals surface area (Å²) in [6.45, 7) is 0. The second-order valence-corrected chi connectivity index (χ2v) is 7.37. The number of hydrogen-bond acceptors (Lipinski definition) is 5. The van der Waals surface area contributed by atoms with Gasteiger partial charge in [-0.2, -0.15) is 0 Å². The molecule has 3 aromatic rings. The van der Waals surface area contributed by atoms with Crippen molar-refractivity contribution in [3.63, 3.8) is 0 Å². The monoisotopic (exact) mass is 433 g/mol. The molecule has 32 heavy (non-hydrogen) atoms. The SMILES string of the molecule is COc1ccc([C@@H]2c3cc(OC)c(OC)cc3CC(=O)N2c2ccc(C(=O)O)cc2)cc1. The number of carboxylic acid groups (broad SMARTS) is 1. The molecule has 1 N–H and O–H groups in total. The number of rotatable bonds is 6. The van der Waals surface area contributed by atoms with Gasteiger partial charge in [-0.15, -0.1) is 0 Å². The number of fused-ring (bicyclic) bond motifs is 1. The second kappa shape index (κ2) is 8.63. The third-order valence-corrected chi connectivity index (χ3v) is 5.63. The molecule has 0 saturated heterocycles. The first-order chi connectivity index (χ1) is 15.5. The molecule has 164 valence electrons. The molecular formula is C25H23NO6. The van der Waals surface area contributed by atoms with Crippen LogP contribution in [0.3, 0.4) is 0 Å². The van der Waals surface area contributed by atoms with Crippen LogP contribution in [0.2, 0.25) is 0 Å². The van der Waals surface area contributed by atoms with Crippen molar-refractivity contribution in [1.82, 2.24) is 0 Å². The van der Waals surface area contributed by atoms with Gasteiger partial charge in [0.05, 0.1) is 39.4 Å². The molecule has 1 heterocycles. The van der Waals surface area contributed by atoms with Crippen molar-refractivity contribution in [3.8, 4) is 17.2 Å². The summed E-state index contributed by atoms with van der Waals surface area (Å²) in [6.07, 6.45) is 0.184. The molecule has 0 saturated carbocycles. The summed E-state index contributed by atoms with van der Waals surface area (Å²) in [5.74, 6) is 0.719. The molecule has 1 aliphatic heterocycles.